The second kappa shape index (κ2) is 5.59. The van der Waals surface area contributed by atoms with Crippen LogP contribution in [0.5, 0.6) is 0 Å². The van der Waals surface area contributed by atoms with Crippen LogP contribution in [0.4, 0.5) is 0 Å². The Balaban J connectivity index is 1.94. The van der Waals surface area contributed by atoms with Crippen molar-refractivity contribution in [2.75, 3.05) is 6.54 Å². The van der Waals surface area contributed by atoms with Gasteiger partial charge in [0, 0.05) is 19.3 Å². The van der Waals surface area contributed by atoms with Gasteiger partial charge in [0.15, 0.2) is 0 Å². The standard InChI is InChI=1S/C16H19N3O/c1-2-11-19-14(8-10-18-19)16(20)15-13-6-4-3-5-12(13)7-9-17-15/h3-6,8,10,15,17H,2,7,9,11H2,1H3. The number of hydrogen-bond acceptors (Lipinski definition) is 3. The summed E-state index contributed by atoms with van der Waals surface area (Å²) in [6.07, 6.45) is 3.66. The molecule has 0 radical (unpaired) electrons. The lowest BCUT2D eigenvalue weighted by Crippen LogP contribution is -2.36. The molecule has 1 atom stereocenters. The number of ketones is 1. The van der Waals surface area contributed by atoms with Crippen molar-refractivity contribution >= 4 is 5.78 Å². The van der Waals surface area contributed by atoms with E-state index in [9.17, 15) is 4.79 Å². The topological polar surface area (TPSA) is 46.9 Å². The number of hydrogen-bond donors (Lipinski definition) is 1. The largest absolute Gasteiger partial charge is 0.303 e. The molecule has 4 heteroatoms. The van der Waals surface area contributed by atoms with Gasteiger partial charge in [-0.3, -0.25) is 9.48 Å². The fraction of sp³-hybridized carbons (Fsp3) is 0.375. The Labute approximate surface area is 118 Å². The predicted molar refractivity (Wildman–Crippen MR) is 77.7 cm³/mol. The number of aryl methyl sites for hydroxylation is 1. The van der Waals surface area contributed by atoms with Crippen molar-refractivity contribution in [2.24, 2.45) is 0 Å². The zero-order valence-electron chi connectivity index (χ0n) is 11.7. The molecule has 0 spiro atoms. The SMILES string of the molecule is CCCn1nccc1C(=O)C1NCCc2ccccc21. The Hall–Kier alpha value is -1.94. The van der Waals surface area contributed by atoms with Crippen LogP contribution in [0.3, 0.4) is 0 Å². The van der Waals surface area contributed by atoms with E-state index in [1.807, 2.05) is 24.3 Å². The number of rotatable bonds is 4. The van der Waals surface area contributed by atoms with Gasteiger partial charge in [0.25, 0.3) is 0 Å². The maximum absolute atomic E-state index is 12.8. The minimum absolute atomic E-state index is 0.114. The number of benzene rings is 1. The van der Waals surface area contributed by atoms with E-state index in [0.717, 1.165) is 31.5 Å². The molecule has 1 aliphatic heterocycles. The fourth-order valence-electron chi connectivity index (χ4n) is 2.82. The van der Waals surface area contributed by atoms with E-state index in [1.54, 1.807) is 10.9 Å². The van der Waals surface area contributed by atoms with E-state index in [1.165, 1.54) is 5.56 Å². The number of nitrogens with one attached hydrogen (secondary N) is 1. The molecule has 1 aromatic heterocycles. The molecule has 1 unspecified atom stereocenters. The third-order valence-electron chi connectivity index (χ3n) is 3.78. The number of nitrogens with zero attached hydrogens (tertiary/aromatic N) is 2. The smallest absolute Gasteiger partial charge is 0.202 e. The van der Waals surface area contributed by atoms with E-state index in [-0.39, 0.29) is 11.8 Å². The molecule has 0 aliphatic carbocycles. The van der Waals surface area contributed by atoms with Crippen LogP contribution in [-0.2, 0) is 13.0 Å². The molecule has 0 amide bonds. The molecule has 3 rings (SSSR count). The average molecular weight is 269 g/mol. The Morgan fingerprint density at radius 2 is 2.25 bits per heavy atom. The van der Waals surface area contributed by atoms with Crippen LogP contribution in [0.25, 0.3) is 0 Å². The van der Waals surface area contributed by atoms with Crippen molar-refractivity contribution in [3.05, 3.63) is 53.3 Å². The molecule has 0 bridgehead atoms. The maximum Gasteiger partial charge on any atom is 0.202 e. The van der Waals surface area contributed by atoms with Gasteiger partial charge in [-0.05, 0) is 30.0 Å². The van der Waals surface area contributed by atoms with E-state index >= 15 is 0 Å². The van der Waals surface area contributed by atoms with Crippen molar-refractivity contribution in [2.45, 2.75) is 32.4 Å². The normalized spacial score (nSPS) is 17.8. The molecule has 0 fully saturated rings. The average Bonchev–Trinajstić information content (AvgIpc) is 2.94. The second-order valence-corrected chi connectivity index (χ2v) is 5.14. The molecule has 0 saturated carbocycles. The van der Waals surface area contributed by atoms with Gasteiger partial charge in [0.05, 0.1) is 6.04 Å². The molecule has 0 saturated heterocycles. The first-order valence-electron chi connectivity index (χ1n) is 7.18. The van der Waals surface area contributed by atoms with E-state index in [2.05, 4.69) is 23.4 Å². The first-order valence-corrected chi connectivity index (χ1v) is 7.18. The van der Waals surface area contributed by atoms with Crippen LogP contribution in [0.2, 0.25) is 0 Å². The minimum Gasteiger partial charge on any atom is -0.303 e. The zero-order valence-corrected chi connectivity index (χ0v) is 11.7. The third kappa shape index (κ3) is 2.27. The van der Waals surface area contributed by atoms with Crippen LogP contribution in [0.15, 0.2) is 36.5 Å². The Bertz CT molecular complexity index is 618. The molecule has 2 aromatic rings. The van der Waals surface area contributed by atoms with Crippen LogP contribution in [0, 0.1) is 0 Å². The predicted octanol–water partition coefficient (Wildman–Crippen LogP) is 2.36. The number of carbonyl (C=O) groups is 1. The number of Topliss-reactive ketones (excluding diaryl/α,β-unsaturated/α-hetero) is 1. The summed E-state index contributed by atoms with van der Waals surface area (Å²) in [4.78, 5) is 12.8. The van der Waals surface area contributed by atoms with Crippen LogP contribution in [-0.4, -0.2) is 22.1 Å². The van der Waals surface area contributed by atoms with Crippen LogP contribution < -0.4 is 5.32 Å². The minimum atomic E-state index is -0.243. The molecule has 104 valence electrons. The van der Waals surface area contributed by atoms with Gasteiger partial charge < -0.3 is 5.32 Å². The summed E-state index contributed by atoms with van der Waals surface area (Å²) in [6, 6.07) is 9.76. The second-order valence-electron chi connectivity index (χ2n) is 5.14. The van der Waals surface area contributed by atoms with Gasteiger partial charge >= 0.3 is 0 Å². The lowest BCUT2D eigenvalue weighted by molar-refractivity contribution is 0.0928. The fourth-order valence-corrected chi connectivity index (χ4v) is 2.82. The highest BCUT2D eigenvalue weighted by Crippen LogP contribution is 2.25. The van der Waals surface area contributed by atoms with Crippen LogP contribution in [0.1, 0.15) is 41.0 Å². The summed E-state index contributed by atoms with van der Waals surface area (Å²) >= 11 is 0. The molecule has 1 aromatic carbocycles. The number of carbonyl (C=O) groups excluding carboxylic acids is 1. The molecule has 1 N–H and O–H groups in total. The highest BCUT2D eigenvalue weighted by molar-refractivity contribution is 5.99. The van der Waals surface area contributed by atoms with Gasteiger partial charge in [-0.25, -0.2) is 0 Å². The summed E-state index contributed by atoms with van der Waals surface area (Å²) in [5, 5.41) is 7.59. The van der Waals surface area contributed by atoms with Crippen molar-refractivity contribution in [3.63, 3.8) is 0 Å². The molecular formula is C16H19N3O. The zero-order chi connectivity index (χ0) is 13.9. The van der Waals surface area contributed by atoms with Crippen molar-refractivity contribution in [1.29, 1.82) is 0 Å². The highest BCUT2D eigenvalue weighted by Gasteiger charge is 2.28. The first-order chi connectivity index (χ1) is 9.81. The van der Waals surface area contributed by atoms with Gasteiger partial charge in [0.2, 0.25) is 5.78 Å². The summed E-state index contributed by atoms with van der Waals surface area (Å²) in [5.41, 5.74) is 3.07. The quantitative estimate of drug-likeness (QED) is 0.867. The molecule has 1 aliphatic rings. The highest BCUT2D eigenvalue weighted by atomic mass is 16.1. The van der Waals surface area contributed by atoms with E-state index in [4.69, 9.17) is 0 Å². The molecular weight excluding hydrogens is 250 g/mol. The monoisotopic (exact) mass is 269 g/mol. The van der Waals surface area contributed by atoms with Crippen molar-refractivity contribution in [1.82, 2.24) is 15.1 Å². The molecule has 20 heavy (non-hydrogen) atoms. The number of aromatic nitrogens is 2. The first kappa shape index (κ1) is 13.1. The maximum atomic E-state index is 12.8. The van der Waals surface area contributed by atoms with Gasteiger partial charge in [-0.15, -0.1) is 0 Å². The van der Waals surface area contributed by atoms with E-state index < -0.39 is 0 Å². The van der Waals surface area contributed by atoms with E-state index in [0.29, 0.717) is 5.69 Å². The van der Waals surface area contributed by atoms with Crippen LogP contribution >= 0.6 is 0 Å². The summed E-state index contributed by atoms with van der Waals surface area (Å²) in [6.45, 7) is 3.71. The Morgan fingerprint density at radius 3 is 3.10 bits per heavy atom. The number of fused-ring (bicyclic) bond motifs is 1. The summed E-state index contributed by atoms with van der Waals surface area (Å²) < 4.78 is 1.81. The summed E-state index contributed by atoms with van der Waals surface area (Å²) in [7, 11) is 0. The Kier molecular flexibility index (Phi) is 3.65. The molecule has 2 heterocycles. The summed E-state index contributed by atoms with van der Waals surface area (Å²) in [5.74, 6) is 0.114. The molecule has 4 nitrogen and oxygen atoms in total. The van der Waals surface area contributed by atoms with Gasteiger partial charge in [0.1, 0.15) is 5.69 Å². The third-order valence-corrected chi connectivity index (χ3v) is 3.78. The lowest BCUT2D eigenvalue weighted by atomic mass is 9.91. The van der Waals surface area contributed by atoms with Crippen molar-refractivity contribution in [3.8, 4) is 0 Å². The van der Waals surface area contributed by atoms with Crippen molar-refractivity contribution < 1.29 is 4.79 Å². The van der Waals surface area contributed by atoms with Gasteiger partial charge in [-0.2, -0.15) is 5.10 Å². The lowest BCUT2D eigenvalue weighted by Gasteiger charge is -2.25. The Morgan fingerprint density at radius 1 is 1.40 bits per heavy atom. The van der Waals surface area contributed by atoms with Gasteiger partial charge in [-0.1, -0.05) is 31.2 Å².